The SMILES string of the molecule is O=S(=O)(NC1CCCOC1)c1ccc(CO)cc1F. The minimum atomic E-state index is -3.90. The van der Waals surface area contributed by atoms with Gasteiger partial charge < -0.3 is 9.84 Å². The molecule has 1 saturated heterocycles. The fraction of sp³-hybridized carbons (Fsp3) is 0.500. The van der Waals surface area contributed by atoms with Gasteiger partial charge in [0.2, 0.25) is 10.0 Å². The van der Waals surface area contributed by atoms with E-state index in [4.69, 9.17) is 9.84 Å². The van der Waals surface area contributed by atoms with E-state index in [-0.39, 0.29) is 12.6 Å². The van der Waals surface area contributed by atoms with Crippen LogP contribution in [0.3, 0.4) is 0 Å². The number of benzene rings is 1. The molecule has 0 amide bonds. The number of hydrogen-bond donors (Lipinski definition) is 2. The number of hydrogen-bond acceptors (Lipinski definition) is 4. The smallest absolute Gasteiger partial charge is 0.243 e. The second kappa shape index (κ2) is 5.96. The van der Waals surface area contributed by atoms with Crippen LogP contribution in [0, 0.1) is 5.82 Å². The number of rotatable bonds is 4. The van der Waals surface area contributed by atoms with Crippen molar-refractivity contribution in [3.63, 3.8) is 0 Å². The minimum absolute atomic E-state index is 0.301. The molecule has 1 atom stereocenters. The van der Waals surface area contributed by atoms with Gasteiger partial charge in [0.25, 0.3) is 0 Å². The Morgan fingerprint density at radius 1 is 1.47 bits per heavy atom. The van der Waals surface area contributed by atoms with E-state index in [2.05, 4.69) is 4.72 Å². The molecule has 1 fully saturated rings. The quantitative estimate of drug-likeness (QED) is 0.858. The van der Waals surface area contributed by atoms with E-state index in [1.54, 1.807) is 0 Å². The van der Waals surface area contributed by atoms with Crippen LogP contribution >= 0.6 is 0 Å². The van der Waals surface area contributed by atoms with Crippen molar-refractivity contribution in [1.82, 2.24) is 4.72 Å². The second-order valence-corrected chi connectivity index (χ2v) is 6.14. The molecule has 0 bridgehead atoms. The van der Waals surface area contributed by atoms with E-state index in [0.717, 1.165) is 18.6 Å². The first kappa shape index (κ1) is 14.4. The van der Waals surface area contributed by atoms with Crippen LogP contribution in [-0.2, 0) is 21.4 Å². The lowest BCUT2D eigenvalue weighted by atomic mass is 10.1. The third kappa shape index (κ3) is 3.50. The highest BCUT2D eigenvalue weighted by atomic mass is 32.2. The van der Waals surface area contributed by atoms with Crippen molar-refractivity contribution in [3.8, 4) is 0 Å². The maximum Gasteiger partial charge on any atom is 0.243 e. The molecule has 0 spiro atoms. The lowest BCUT2D eigenvalue weighted by molar-refractivity contribution is 0.0774. The van der Waals surface area contributed by atoms with Crippen LogP contribution in [0.2, 0.25) is 0 Å². The van der Waals surface area contributed by atoms with Gasteiger partial charge in [-0.25, -0.2) is 17.5 Å². The summed E-state index contributed by atoms with van der Waals surface area (Å²) in [5.41, 5.74) is 0.331. The first-order chi connectivity index (χ1) is 9.03. The second-order valence-electron chi connectivity index (χ2n) is 4.46. The Labute approximate surface area is 111 Å². The van der Waals surface area contributed by atoms with Crippen molar-refractivity contribution in [2.45, 2.75) is 30.4 Å². The van der Waals surface area contributed by atoms with Crippen LogP contribution in [0.4, 0.5) is 4.39 Å². The van der Waals surface area contributed by atoms with Gasteiger partial charge in [0.05, 0.1) is 13.2 Å². The summed E-state index contributed by atoms with van der Waals surface area (Å²) in [7, 11) is -3.90. The summed E-state index contributed by atoms with van der Waals surface area (Å²) < 4.78 is 45.4. The molecule has 1 unspecified atom stereocenters. The van der Waals surface area contributed by atoms with Crippen LogP contribution in [-0.4, -0.2) is 32.8 Å². The molecule has 106 valence electrons. The molecule has 2 rings (SSSR count). The van der Waals surface area contributed by atoms with Crippen LogP contribution in [0.15, 0.2) is 23.1 Å². The van der Waals surface area contributed by atoms with E-state index < -0.39 is 20.7 Å². The van der Waals surface area contributed by atoms with Crippen molar-refractivity contribution in [1.29, 1.82) is 0 Å². The lowest BCUT2D eigenvalue weighted by Gasteiger charge is -2.23. The van der Waals surface area contributed by atoms with Gasteiger partial charge in [0.1, 0.15) is 10.7 Å². The number of nitrogens with one attached hydrogen (secondary N) is 1. The van der Waals surface area contributed by atoms with E-state index >= 15 is 0 Å². The molecule has 0 aromatic heterocycles. The van der Waals surface area contributed by atoms with Crippen molar-refractivity contribution in [2.75, 3.05) is 13.2 Å². The van der Waals surface area contributed by atoms with Gasteiger partial charge in [-0.1, -0.05) is 6.07 Å². The zero-order valence-corrected chi connectivity index (χ0v) is 11.1. The Kier molecular flexibility index (Phi) is 4.51. The van der Waals surface area contributed by atoms with Crippen LogP contribution in [0.25, 0.3) is 0 Å². The molecule has 19 heavy (non-hydrogen) atoms. The van der Waals surface area contributed by atoms with Gasteiger partial charge in [-0.3, -0.25) is 0 Å². The predicted molar refractivity (Wildman–Crippen MR) is 66.5 cm³/mol. The molecule has 0 aliphatic carbocycles. The molecule has 0 radical (unpaired) electrons. The highest BCUT2D eigenvalue weighted by molar-refractivity contribution is 7.89. The van der Waals surface area contributed by atoms with Crippen LogP contribution < -0.4 is 4.72 Å². The molecule has 1 aromatic rings. The van der Waals surface area contributed by atoms with E-state index in [1.807, 2.05) is 0 Å². The summed E-state index contributed by atoms with van der Waals surface area (Å²) in [6.45, 7) is 0.592. The molecule has 7 heteroatoms. The van der Waals surface area contributed by atoms with Crippen molar-refractivity contribution in [2.24, 2.45) is 0 Å². The molecule has 1 aliphatic heterocycles. The number of aliphatic hydroxyl groups excluding tert-OH is 1. The minimum Gasteiger partial charge on any atom is -0.392 e. The summed E-state index contributed by atoms with van der Waals surface area (Å²) in [6.07, 6.45) is 1.45. The normalized spacial score (nSPS) is 20.4. The lowest BCUT2D eigenvalue weighted by Crippen LogP contribution is -2.40. The van der Waals surface area contributed by atoms with Crippen LogP contribution in [0.5, 0.6) is 0 Å². The Bertz CT molecular complexity index is 541. The largest absolute Gasteiger partial charge is 0.392 e. The molecule has 5 nitrogen and oxygen atoms in total. The van der Waals surface area contributed by atoms with Crippen molar-refractivity contribution >= 4 is 10.0 Å². The third-order valence-corrected chi connectivity index (χ3v) is 4.50. The summed E-state index contributed by atoms with van der Waals surface area (Å²) in [4.78, 5) is -0.407. The highest BCUT2D eigenvalue weighted by Gasteiger charge is 2.24. The predicted octanol–water partition coefficient (Wildman–Crippen LogP) is 0.775. The fourth-order valence-corrected chi connectivity index (χ4v) is 3.29. The summed E-state index contributed by atoms with van der Waals surface area (Å²) >= 11 is 0. The summed E-state index contributed by atoms with van der Waals surface area (Å²) in [5, 5.41) is 8.87. The maximum absolute atomic E-state index is 13.7. The number of aliphatic hydroxyl groups is 1. The molecule has 1 aromatic carbocycles. The molecule has 1 heterocycles. The van der Waals surface area contributed by atoms with E-state index in [1.165, 1.54) is 6.07 Å². The zero-order chi connectivity index (χ0) is 13.9. The van der Waals surface area contributed by atoms with E-state index in [0.29, 0.717) is 25.2 Å². The van der Waals surface area contributed by atoms with Gasteiger partial charge in [-0.05, 0) is 30.5 Å². The Balaban J connectivity index is 2.18. The monoisotopic (exact) mass is 289 g/mol. The first-order valence-electron chi connectivity index (χ1n) is 6.02. The summed E-state index contributed by atoms with van der Waals surface area (Å²) in [5.74, 6) is -0.865. The Morgan fingerprint density at radius 2 is 2.26 bits per heavy atom. The molecular weight excluding hydrogens is 273 g/mol. The Morgan fingerprint density at radius 3 is 2.84 bits per heavy atom. The van der Waals surface area contributed by atoms with Gasteiger partial charge >= 0.3 is 0 Å². The van der Waals surface area contributed by atoms with Crippen molar-refractivity contribution < 1.29 is 22.7 Å². The molecule has 1 aliphatic rings. The average molecular weight is 289 g/mol. The standard InChI is InChI=1S/C12H16FNO4S/c13-11-6-9(7-15)3-4-12(11)19(16,17)14-10-2-1-5-18-8-10/h3-4,6,10,14-15H,1-2,5,7-8H2. The van der Waals surface area contributed by atoms with E-state index in [9.17, 15) is 12.8 Å². The topological polar surface area (TPSA) is 75.6 Å². The molecule has 2 N–H and O–H groups in total. The maximum atomic E-state index is 13.7. The van der Waals surface area contributed by atoms with Gasteiger partial charge in [-0.2, -0.15) is 0 Å². The highest BCUT2D eigenvalue weighted by Crippen LogP contribution is 2.18. The molecular formula is C12H16FNO4S. The Hall–Kier alpha value is -1.02. The average Bonchev–Trinajstić information content (AvgIpc) is 2.38. The number of sulfonamides is 1. The number of ether oxygens (including phenoxy) is 1. The zero-order valence-electron chi connectivity index (χ0n) is 10.3. The van der Waals surface area contributed by atoms with Crippen molar-refractivity contribution in [3.05, 3.63) is 29.6 Å². The first-order valence-corrected chi connectivity index (χ1v) is 7.50. The van der Waals surface area contributed by atoms with Gasteiger partial charge in [0, 0.05) is 12.6 Å². The van der Waals surface area contributed by atoms with Crippen LogP contribution in [0.1, 0.15) is 18.4 Å². The fourth-order valence-electron chi connectivity index (χ4n) is 1.98. The summed E-state index contributed by atoms with van der Waals surface area (Å²) in [6, 6.07) is 3.24. The third-order valence-electron chi connectivity index (χ3n) is 2.95. The number of halogens is 1. The molecule has 0 saturated carbocycles. The van der Waals surface area contributed by atoms with Gasteiger partial charge in [0.15, 0.2) is 0 Å². The van der Waals surface area contributed by atoms with Gasteiger partial charge in [-0.15, -0.1) is 0 Å².